The van der Waals surface area contributed by atoms with Crippen LogP contribution in [0.3, 0.4) is 0 Å². The predicted octanol–water partition coefficient (Wildman–Crippen LogP) is 0.130. The minimum atomic E-state index is 0. The standard InChI is InChI=1S/C10H20N2O2.5CN.Fe/c1(11-3-7-13-8-4-11)2-12-5-9-14-10-6-12;5*1-2;/h1-10H2;;;;;;/q;5*-1;+5. The first kappa shape index (κ1) is 34.2. The zero-order valence-corrected chi connectivity index (χ0v) is 15.0. The number of morpholine rings is 2. The molecule has 0 aliphatic carbocycles. The summed E-state index contributed by atoms with van der Waals surface area (Å²) < 4.78 is 10.6. The molecule has 0 aromatic heterocycles. The SMILES string of the molecule is C1CN(CCN2CCOCC2)CCO1.[C-]#N.[C-]#N.[C-]#N.[C-]#N.[C-]#N.[Fe+5]. The molecule has 2 aliphatic rings. The van der Waals surface area contributed by atoms with Gasteiger partial charge in [-0.05, 0) is 0 Å². The van der Waals surface area contributed by atoms with E-state index in [0.29, 0.717) is 0 Å². The Morgan fingerprint density at radius 1 is 0.520 bits per heavy atom. The summed E-state index contributed by atoms with van der Waals surface area (Å²) in [6.07, 6.45) is 0. The third kappa shape index (κ3) is 24.2. The summed E-state index contributed by atoms with van der Waals surface area (Å²) in [6, 6.07) is 0. The van der Waals surface area contributed by atoms with Crippen molar-refractivity contribution in [2.24, 2.45) is 0 Å². The van der Waals surface area contributed by atoms with E-state index in [1.54, 1.807) is 0 Å². The van der Waals surface area contributed by atoms with Crippen molar-refractivity contribution in [3.8, 4) is 0 Å². The fourth-order valence-electron chi connectivity index (χ4n) is 1.93. The molecule has 135 valence electrons. The molecule has 0 atom stereocenters. The molecule has 0 N–H and O–H groups in total. The molecule has 2 rings (SSSR count). The van der Waals surface area contributed by atoms with Crippen molar-refractivity contribution in [1.82, 2.24) is 9.80 Å². The van der Waals surface area contributed by atoms with E-state index in [9.17, 15) is 0 Å². The summed E-state index contributed by atoms with van der Waals surface area (Å²) in [5, 5.41) is 31.2. The fourth-order valence-corrected chi connectivity index (χ4v) is 1.93. The molecule has 2 heterocycles. The maximum absolute atomic E-state index is 6.25. The van der Waals surface area contributed by atoms with Gasteiger partial charge in [0.05, 0.1) is 26.4 Å². The molecule has 0 aromatic carbocycles. The van der Waals surface area contributed by atoms with Crippen LogP contribution in [0.4, 0.5) is 0 Å². The van der Waals surface area contributed by atoms with E-state index < -0.39 is 0 Å². The first-order valence-corrected chi connectivity index (χ1v) is 6.67. The number of hydrogen-bond donors (Lipinski definition) is 0. The average Bonchev–Trinajstić information content (AvgIpc) is 2.75. The van der Waals surface area contributed by atoms with Crippen molar-refractivity contribution in [1.29, 1.82) is 26.3 Å². The quantitative estimate of drug-likeness (QED) is 0.488. The van der Waals surface area contributed by atoms with Gasteiger partial charge in [-0.3, -0.25) is 9.80 Å². The molecule has 10 heteroatoms. The summed E-state index contributed by atoms with van der Waals surface area (Å²) in [6.45, 7) is 34.1. The summed E-state index contributed by atoms with van der Waals surface area (Å²) in [7, 11) is 0. The molecule has 0 spiro atoms. The third-order valence-electron chi connectivity index (χ3n) is 2.94. The molecule has 0 amide bonds. The van der Waals surface area contributed by atoms with Crippen LogP contribution in [-0.2, 0) is 26.5 Å². The molecule has 2 fully saturated rings. The zero-order chi connectivity index (χ0) is 19.6. The Balaban J connectivity index is -0.000000105. The van der Waals surface area contributed by atoms with Crippen molar-refractivity contribution in [3.05, 3.63) is 32.9 Å². The van der Waals surface area contributed by atoms with E-state index >= 15 is 0 Å². The van der Waals surface area contributed by atoms with Crippen LogP contribution in [0.5, 0.6) is 0 Å². The maximum Gasteiger partial charge on any atom is 5.00 e. The maximum atomic E-state index is 6.25. The number of nitrogens with zero attached hydrogens (tertiary/aromatic N) is 7. The Kier molecular flexibility index (Phi) is 51.7. The summed E-state index contributed by atoms with van der Waals surface area (Å²) in [5.74, 6) is 0. The summed E-state index contributed by atoms with van der Waals surface area (Å²) in [5.41, 5.74) is 0. The van der Waals surface area contributed by atoms with Crippen LogP contribution in [0.15, 0.2) is 0 Å². The average molecular weight is 386 g/mol. The van der Waals surface area contributed by atoms with Crippen molar-refractivity contribution >= 4 is 0 Å². The molecule has 0 bridgehead atoms. The van der Waals surface area contributed by atoms with E-state index in [1.165, 1.54) is 13.1 Å². The van der Waals surface area contributed by atoms with Crippen LogP contribution >= 0.6 is 0 Å². The molecule has 25 heavy (non-hydrogen) atoms. The van der Waals surface area contributed by atoms with Crippen LogP contribution in [0.1, 0.15) is 0 Å². The fraction of sp³-hybridized carbons (Fsp3) is 0.667. The van der Waals surface area contributed by atoms with Crippen LogP contribution in [0, 0.1) is 59.2 Å². The van der Waals surface area contributed by atoms with E-state index in [2.05, 4.69) is 9.80 Å². The van der Waals surface area contributed by atoms with Gasteiger partial charge < -0.3 is 68.6 Å². The number of hydrogen-bond acceptors (Lipinski definition) is 9. The van der Waals surface area contributed by atoms with Crippen molar-refractivity contribution in [2.45, 2.75) is 0 Å². The Hall–Kier alpha value is -2.19. The molecule has 1 radical (unpaired) electrons. The van der Waals surface area contributed by atoms with Gasteiger partial charge >= 0.3 is 17.1 Å². The monoisotopic (exact) mass is 386 g/mol. The van der Waals surface area contributed by atoms with Crippen molar-refractivity contribution in [2.75, 3.05) is 65.7 Å². The van der Waals surface area contributed by atoms with Crippen molar-refractivity contribution < 1.29 is 26.5 Å². The second-order valence-corrected chi connectivity index (χ2v) is 3.91. The van der Waals surface area contributed by atoms with Gasteiger partial charge in [-0.25, -0.2) is 0 Å². The van der Waals surface area contributed by atoms with Gasteiger partial charge in [-0.2, -0.15) is 0 Å². The topological polar surface area (TPSA) is 144 Å². The Labute approximate surface area is 161 Å². The Morgan fingerprint density at radius 2 is 0.720 bits per heavy atom. The Bertz CT molecular complexity index is 280. The number of rotatable bonds is 3. The normalized spacial score (nSPS) is 15.3. The van der Waals surface area contributed by atoms with Gasteiger partial charge in [-0.1, -0.05) is 0 Å². The minimum Gasteiger partial charge on any atom is -0.512 e. The van der Waals surface area contributed by atoms with Gasteiger partial charge in [0.1, 0.15) is 0 Å². The van der Waals surface area contributed by atoms with E-state index in [-0.39, 0.29) is 17.1 Å². The molecule has 9 nitrogen and oxygen atoms in total. The molecular weight excluding hydrogens is 366 g/mol. The molecule has 2 aliphatic heterocycles. The van der Waals surface area contributed by atoms with Crippen LogP contribution in [0.25, 0.3) is 0 Å². The smallest absolute Gasteiger partial charge is 0.512 e. The first-order valence-electron chi connectivity index (χ1n) is 6.67. The molecule has 2 saturated heterocycles. The second-order valence-electron chi connectivity index (χ2n) is 3.91. The van der Waals surface area contributed by atoms with E-state index in [1.807, 2.05) is 0 Å². The van der Waals surface area contributed by atoms with Crippen LogP contribution < -0.4 is 0 Å². The first-order chi connectivity index (χ1) is 11.9. The van der Waals surface area contributed by atoms with Gasteiger partial charge in [0.15, 0.2) is 0 Å². The third-order valence-corrected chi connectivity index (χ3v) is 2.94. The predicted molar refractivity (Wildman–Crippen MR) is 79.4 cm³/mol. The summed E-state index contributed by atoms with van der Waals surface area (Å²) >= 11 is 0. The zero-order valence-electron chi connectivity index (χ0n) is 13.9. The Morgan fingerprint density at radius 3 is 0.920 bits per heavy atom. The van der Waals surface area contributed by atoms with E-state index in [0.717, 1.165) is 52.6 Å². The molecular formula is C15H20FeN7O2. The molecule has 0 saturated carbocycles. The van der Waals surface area contributed by atoms with Gasteiger partial charge in [-0.15, -0.1) is 0 Å². The second kappa shape index (κ2) is 37.8. The largest absolute Gasteiger partial charge is 5.00 e. The minimum absolute atomic E-state index is 0. The van der Waals surface area contributed by atoms with Gasteiger partial charge in [0, 0.05) is 39.3 Å². The number of ether oxygens (including phenoxy) is 2. The van der Waals surface area contributed by atoms with Crippen LogP contribution in [0.2, 0.25) is 0 Å². The van der Waals surface area contributed by atoms with Crippen LogP contribution in [-0.4, -0.2) is 75.5 Å². The molecule has 0 aromatic rings. The van der Waals surface area contributed by atoms with Crippen molar-refractivity contribution in [3.63, 3.8) is 0 Å². The summed E-state index contributed by atoms with van der Waals surface area (Å²) in [4.78, 5) is 4.97. The van der Waals surface area contributed by atoms with Gasteiger partial charge in [0.25, 0.3) is 0 Å². The van der Waals surface area contributed by atoms with Gasteiger partial charge in [0.2, 0.25) is 0 Å². The molecule has 0 unspecified atom stereocenters. The van der Waals surface area contributed by atoms with E-state index in [4.69, 9.17) is 68.6 Å².